The van der Waals surface area contributed by atoms with Crippen LogP contribution >= 0.6 is 11.3 Å². The molecule has 0 spiro atoms. The van der Waals surface area contributed by atoms with E-state index in [4.69, 9.17) is 0 Å². The summed E-state index contributed by atoms with van der Waals surface area (Å²) in [6.07, 6.45) is 8.46. The summed E-state index contributed by atoms with van der Waals surface area (Å²) in [5, 5.41) is 7.21. The Morgan fingerprint density at radius 1 is 1.33 bits per heavy atom. The lowest BCUT2D eigenvalue weighted by atomic mass is 9.81. The van der Waals surface area contributed by atoms with Crippen molar-refractivity contribution in [2.24, 2.45) is 5.41 Å². The molecule has 0 unspecified atom stereocenters. The zero-order valence-corrected chi connectivity index (χ0v) is 16.8. The smallest absolute Gasteiger partial charge is 0.262 e. The number of rotatable bonds is 5. The highest BCUT2D eigenvalue weighted by Gasteiger charge is 2.27. The Morgan fingerprint density at radius 2 is 2.11 bits per heavy atom. The first-order valence-corrected chi connectivity index (χ1v) is 10.8. The van der Waals surface area contributed by atoms with Gasteiger partial charge < -0.3 is 10.6 Å². The highest BCUT2D eigenvalue weighted by atomic mass is 32.1. The molecule has 2 N–H and O–H groups in total. The second-order valence-electron chi connectivity index (χ2n) is 8.22. The van der Waals surface area contributed by atoms with E-state index in [-0.39, 0.29) is 16.9 Å². The summed E-state index contributed by atoms with van der Waals surface area (Å²) >= 11 is 1.66. The highest BCUT2D eigenvalue weighted by molar-refractivity contribution is 7.18. The van der Waals surface area contributed by atoms with Gasteiger partial charge in [-0.2, -0.15) is 0 Å². The van der Waals surface area contributed by atoms with Gasteiger partial charge in [-0.25, -0.2) is 4.98 Å². The van der Waals surface area contributed by atoms with Crippen LogP contribution in [0.1, 0.15) is 49.5 Å². The Bertz CT molecular complexity index is 895. The van der Waals surface area contributed by atoms with E-state index in [9.17, 15) is 9.59 Å². The number of nitrogens with zero attached hydrogens (tertiary/aromatic N) is 2. The van der Waals surface area contributed by atoms with Crippen molar-refractivity contribution < 1.29 is 4.79 Å². The minimum absolute atomic E-state index is 0.00843. The number of carbonyl (C=O) groups is 1. The van der Waals surface area contributed by atoms with E-state index in [0.29, 0.717) is 19.5 Å². The number of carbonyl (C=O) groups excluding carboxylic acids is 1. The molecule has 27 heavy (non-hydrogen) atoms. The third-order valence-electron chi connectivity index (χ3n) is 6.04. The molecule has 0 atom stereocenters. The molecule has 0 radical (unpaired) electrons. The molecule has 3 heterocycles. The monoisotopic (exact) mass is 388 g/mol. The summed E-state index contributed by atoms with van der Waals surface area (Å²) < 4.78 is 1.61. The van der Waals surface area contributed by atoms with E-state index < -0.39 is 0 Å². The van der Waals surface area contributed by atoms with E-state index in [1.807, 2.05) is 0 Å². The van der Waals surface area contributed by atoms with Gasteiger partial charge in [0.15, 0.2) is 0 Å². The summed E-state index contributed by atoms with van der Waals surface area (Å²) in [5.74, 6) is 0.00843. The van der Waals surface area contributed by atoms with Crippen molar-refractivity contribution in [1.29, 1.82) is 0 Å². The summed E-state index contributed by atoms with van der Waals surface area (Å²) in [7, 11) is 0. The van der Waals surface area contributed by atoms with Gasteiger partial charge in [-0.1, -0.05) is 6.92 Å². The van der Waals surface area contributed by atoms with E-state index in [1.54, 1.807) is 22.2 Å². The first-order valence-electron chi connectivity index (χ1n) is 10.0. The standard InChI is InChI=1S/C20H28N4O2S/c1-20(7-9-21-10-8-20)12-22-16(25)6-11-24-13-23-18-17(19(24)26)14-4-2-3-5-15(14)27-18/h13,21H,2-12H2,1H3,(H,22,25). The van der Waals surface area contributed by atoms with Gasteiger partial charge in [0.05, 0.1) is 11.7 Å². The van der Waals surface area contributed by atoms with Crippen LogP contribution in [-0.4, -0.2) is 35.1 Å². The molecule has 0 bridgehead atoms. The van der Waals surface area contributed by atoms with Crippen LogP contribution in [0.3, 0.4) is 0 Å². The van der Waals surface area contributed by atoms with Crippen molar-refractivity contribution in [3.8, 4) is 0 Å². The second kappa shape index (κ2) is 7.72. The van der Waals surface area contributed by atoms with Crippen LogP contribution in [0, 0.1) is 5.41 Å². The van der Waals surface area contributed by atoms with Crippen molar-refractivity contribution in [3.63, 3.8) is 0 Å². The van der Waals surface area contributed by atoms with Crippen molar-refractivity contribution in [1.82, 2.24) is 20.2 Å². The predicted octanol–water partition coefficient (Wildman–Crippen LogP) is 2.23. The molecule has 2 aromatic rings. The molecule has 6 nitrogen and oxygen atoms in total. The molecule has 0 saturated carbocycles. The maximum atomic E-state index is 12.9. The van der Waals surface area contributed by atoms with Gasteiger partial charge in [0.1, 0.15) is 4.83 Å². The molecule has 1 amide bonds. The molecule has 1 fully saturated rings. The lowest BCUT2D eigenvalue weighted by Crippen LogP contribution is -2.43. The van der Waals surface area contributed by atoms with Crippen molar-refractivity contribution >= 4 is 27.5 Å². The zero-order valence-electron chi connectivity index (χ0n) is 16.0. The molecule has 1 aliphatic carbocycles. The summed E-state index contributed by atoms with van der Waals surface area (Å²) in [5.41, 5.74) is 1.39. The van der Waals surface area contributed by atoms with Crippen LogP contribution in [0.2, 0.25) is 0 Å². The third-order valence-corrected chi connectivity index (χ3v) is 7.24. The zero-order chi connectivity index (χ0) is 18.9. The Balaban J connectivity index is 1.40. The number of hydrogen-bond donors (Lipinski definition) is 2. The summed E-state index contributed by atoms with van der Waals surface area (Å²) in [6, 6.07) is 0. The van der Waals surface area contributed by atoms with E-state index in [0.717, 1.165) is 55.4 Å². The fraction of sp³-hybridized carbons (Fsp3) is 0.650. The fourth-order valence-electron chi connectivity index (χ4n) is 4.17. The molecule has 0 aromatic carbocycles. The average Bonchev–Trinajstić information content (AvgIpc) is 3.06. The van der Waals surface area contributed by atoms with Crippen LogP contribution in [0.5, 0.6) is 0 Å². The molecule has 2 aliphatic rings. The largest absolute Gasteiger partial charge is 0.355 e. The summed E-state index contributed by atoms with van der Waals surface area (Å²) in [4.78, 5) is 31.9. The Morgan fingerprint density at radius 3 is 2.93 bits per heavy atom. The van der Waals surface area contributed by atoms with Gasteiger partial charge in [0.25, 0.3) is 5.56 Å². The van der Waals surface area contributed by atoms with Crippen LogP contribution in [-0.2, 0) is 24.2 Å². The van der Waals surface area contributed by atoms with Crippen LogP contribution in [0.15, 0.2) is 11.1 Å². The number of hydrogen-bond acceptors (Lipinski definition) is 5. The molecular formula is C20H28N4O2S. The van der Waals surface area contributed by atoms with Crippen LogP contribution < -0.4 is 16.2 Å². The van der Waals surface area contributed by atoms with Crippen molar-refractivity contribution in [3.05, 3.63) is 27.1 Å². The number of piperidine rings is 1. The topological polar surface area (TPSA) is 76.0 Å². The average molecular weight is 389 g/mol. The van der Waals surface area contributed by atoms with Gasteiger partial charge in [-0.15, -0.1) is 11.3 Å². The first-order chi connectivity index (χ1) is 13.1. The van der Waals surface area contributed by atoms with Crippen LogP contribution in [0.25, 0.3) is 10.2 Å². The molecule has 2 aromatic heterocycles. The van der Waals surface area contributed by atoms with Crippen molar-refractivity contribution in [2.75, 3.05) is 19.6 Å². The van der Waals surface area contributed by atoms with Crippen LogP contribution in [0.4, 0.5) is 0 Å². The lowest BCUT2D eigenvalue weighted by molar-refractivity contribution is -0.121. The van der Waals surface area contributed by atoms with Gasteiger partial charge in [-0.05, 0) is 62.6 Å². The maximum Gasteiger partial charge on any atom is 0.262 e. The number of fused-ring (bicyclic) bond motifs is 3. The fourth-order valence-corrected chi connectivity index (χ4v) is 5.39. The third kappa shape index (κ3) is 3.94. The number of amides is 1. The second-order valence-corrected chi connectivity index (χ2v) is 9.31. The number of aromatic nitrogens is 2. The van der Waals surface area contributed by atoms with E-state index in [2.05, 4.69) is 22.5 Å². The van der Waals surface area contributed by atoms with Gasteiger partial charge >= 0.3 is 0 Å². The SMILES string of the molecule is CC1(CNC(=O)CCn2cnc3sc4c(c3c2=O)CCCC4)CCNCC1. The Labute approximate surface area is 163 Å². The number of nitrogens with one attached hydrogen (secondary N) is 2. The summed E-state index contributed by atoms with van der Waals surface area (Å²) in [6.45, 7) is 5.35. The van der Waals surface area contributed by atoms with Gasteiger partial charge in [0.2, 0.25) is 5.91 Å². The quantitative estimate of drug-likeness (QED) is 0.824. The number of thiophene rings is 1. The first kappa shape index (κ1) is 18.6. The molecule has 7 heteroatoms. The van der Waals surface area contributed by atoms with Gasteiger partial charge in [-0.3, -0.25) is 14.2 Å². The van der Waals surface area contributed by atoms with Crippen molar-refractivity contribution in [2.45, 2.75) is 58.4 Å². The number of aryl methyl sites for hydroxylation is 3. The lowest BCUT2D eigenvalue weighted by Gasteiger charge is -2.34. The molecule has 1 aliphatic heterocycles. The molecule has 1 saturated heterocycles. The maximum absolute atomic E-state index is 12.9. The predicted molar refractivity (Wildman–Crippen MR) is 108 cm³/mol. The molecule has 4 rings (SSSR count). The van der Waals surface area contributed by atoms with E-state index >= 15 is 0 Å². The Hall–Kier alpha value is -1.73. The van der Waals surface area contributed by atoms with Gasteiger partial charge in [0, 0.05) is 24.4 Å². The highest BCUT2D eigenvalue weighted by Crippen LogP contribution is 2.33. The minimum Gasteiger partial charge on any atom is -0.355 e. The minimum atomic E-state index is 0.00843. The molecular weight excluding hydrogens is 360 g/mol. The Kier molecular flexibility index (Phi) is 5.32. The normalized spacial score (nSPS) is 19.0. The molecule has 146 valence electrons. The van der Waals surface area contributed by atoms with E-state index in [1.165, 1.54) is 16.9 Å².